The van der Waals surface area contributed by atoms with E-state index >= 15 is 0 Å². The van der Waals surface area contributed by atoms with Crippen LogP contribution in [0, 0.1) is 23.3 Å². The Balaban J connectivity index is 2.49. The molecule has 7 heteroatoms. The van der Waals surface area contributed by atoms with E-state index in [-0.39, 0.29) is 25.4 Å². The summed E-state index contributed by atoms with van der Waals surface area (Å²) in [5.41, 5.74) is -0.804. The van der Waals surface area contributed by atoms with Crippen molar-refractivity contribution in [2.75, 3.05) is 6.61 Å². The van der Waals surface area contributed by atoms with Crippen molar-refractivity contribution >= 4 is 11.8 Å². The highest BCUT2D eigenvalue weighted by Crippen LogP contribution is 2.20. The summed E-state index contributed by atoms with van der Waals surface area (Å²) in [6.45, 7) is 1.98. The number of Topliss-reactive ketones (excluding diaryl/α,β-unsaturated/α-hetero) is 1. The van der Waals surface area contributed by atoms with Crippen LogP contribution in [0.4, 0.5) is 17.6 Å². The molecule has 0 fully saturated rings. The van der Waals surface area contributed by atoms with E-state index in [1.165, 1.54) is 0 Å². The van der Waals surface area contributed by atoms with Gasteiger partial charge in [-0.05, 0) is 25.8 Å². The van der Waals surface area contributed by atoms with E-state index in [4.69, 9.17) is 4.74 Å². The Hall–Kier alpha value is -1.92. The van der Waals surface area contributed by atoms with E-state index in [1.807, 2.05) is 0 Å². The molecule has 1 aromatic carbocycles. The number of carbonyl (C=O) groups excluding carboxylic acids is 2. The molecule has 1 rings (SSSR count). The maximum absolute atomic E-state index is 13.4. The first-order valence-corrected chi connectivity index (χ1v) is 6.90. The summed E-state index contributed by atoms with van der Waals surface area (Å²) >= 11 is 0. The fraction of sp³-hybridized carbons (Fsp3) is 0.467. The van der Waals surface area contributed by atoms with Gasteiger partial charge in [0.2, 0.25) is 0 Å². The molecular formula is C15H16F4O3. The quantitative estimate of drug-likeness (QED) is 0.182. The number of esters is 1. The number of benzene rings is 1. The van der Waals surface area contributed by atoms with Crippen LogP contribution in [0.1, 0.15) is 49.4 Å². The second-order valence-corrected chi connectivity index (χ2v) is 4.64. The van der Waals surface area contributed by atoms with Crippen LogP contribution in [0.5, 0.6) is 0 Å². The second kappa shape index (κ2) is 8.51. The lowest BCUT2D eigenvalue weighted by Gasteiger charge is -2.05. The van der Waals surface area contributed by atoms with Crippen molar-refractivity contribution in [2.24, 2.45) is 0 Å². The highest BCUT2D eigenvalue weighted by atomic mass is 19.2. The summed E-state index contributed by atoms with van der Waals surface area (Å²) in [4.78, 5) is 22.7. The van der Waals surface area contributed by atoms with Gasteiger partial charge in [0.1, 0.15) is 0 Å². The van der Waals surface area contributed by atoms with Crippen molar-refractivity contribution in [2.45, 2.75) is 39.0 Å². The molecule has 0 heterocycles. The maximum Gasteiger partial charge on any atom is 0.305 e. The van der Waals surface area contributed by atoms with Gasteiger partial charge < -0.3 is 4.74 Å². The van der Waals surface area contributed by atoms with Crippen molar-refractivity contribution in [3.63, 3.8) is 0 Å². The normalized spacial score (nSPS) is 10.6. The minimum absolute atomic E-state index is 0.149. The second-order valence-electron chi connectivity index (χ2n) is 4.64. The van der Waals surface area contributed by atoms with Gasteiger partial charge >= 0.3 is 5.97 Å². The van der Waals surface area contributed by atoms with E-state index in [1.54, 1.807) is 6.92 Å². The molecule has 3 nitrogen and oxygen atoms in total. The zero-order valence-corrected chi connectivity index (χ0v) is 12.1. The molecule has 0 bridgehead atoms. The minimum Gasteiger partial charge on any atom is -0.466 e. The van der Waals surface area contributed by atoms with Crippen LogP contribution >= 0.6 is 0 Å². The number of ketones is 1. The summed E-state index contributed by atoms with van der Waals surface area (Å²) in [5, 5.41) is 0. The number of unbranched alkanes of at least 4 members (excludes halogenated alkanes) is 2. The topological polar surface area (TPSA) is 43.4 Å². The summed E-state index contributed by atoms with van der Waals surface area (Å²) in [7, 11) is 0. The van der Waals surface area contributed by atoms with Gasteiger partial charge in [-0.3, -0.25) is 9.59 Å². The molecule has 0 aliphatic carbocycles. The lowest BCUT2D eigenvalue weighted by Crippen LogP contribution is -2.08. The molecule has 1 aromatic rings. The molecule has 0 saturated heterocycles. The monoisotopic (exact) mass is 320 g/mol. The Labute approximate surface area is 125 Å². The third kappa shape index (κ3) is 4.82. The highest BCUT2D eigenvalue weighted by Gasteiger charge is 2.22. The first kappa shape index (κ1) is 18.1. The van der Waals surface area contributed by atoms with Crippen molar-refractivity contribution in [1.29, 1.82) is 0 Å². The standard InChI is InChI=1S/C15H16F4O3/c1-2-22-12(21)7-5-3-4-6-11(20)9-8-10(16)14(18)15(19)13(9)17/h8H,2-7H2,1H3. The van der Waals surface area contributed by atoms with Gasteiger partial charge in [-0.15, -0.1) is 0 Å². The summed E-state index contributed by atoms with van der Waals surface area (Å²) < 4.78 is 56.9. The van der Waals surface area contributed by atoms with Crippen LogP contribution < -0.4 is 0 Å². The van der Waals surface area contributed by atoms with E-state index < -0.39 is 34.6 Å². The Morgan fingerprint density at radius 2 is 1.59 bits per heavy atom. The summed E-state index contributed by atoms with van der Waals surface area (Å²) in [6, 6.07) is 0.356. The van der Waals surface area contributed by atoms with Crippen LogP contribution in [-0.4, -0.2) is 18.4 Å². The third-order valence-electron chi connectivity index (χ3n) is 2.99. The molecule has 0 atom stereocenters. The molecule has 0 N–H and O–H groups in total. The first-order chi connectivity index (χ1) is 10.4. The number of ether oxygens (including phenoxy) is 1. The van der Waals surface area contributed by atoms with Gasteiger partial charge in [0.15, 0.2) is 29.1 Å². The largest absolute Gasteiger partial charge is 0.466 e. The Bertz CT molecular complexity index is 558. The Morgan fingerprint density at radius 1 is 0.955 bits per heavy atom. The first-order valence-electron chi connectivity index (χ1n) is 6.90. The maximum atomic E-state index is 13.4. The van der Waals surface area contributed by atoms with E-state index in [0.29, 0.717) is 25.3 Å². The number of hydrogen-bond donors (Lipinski definition) is 0. The fourth-order valence-electron chi connectivity index (χ4n) is 1.88. The molecule has 0 aliphatic rings. The average molecular weight is 320 g/mol. The number of rotatable bonds is 8. The number of halogens is 4. The molecule has 22 heavy (non-hydrogen) atoms. The molecule has 0 saturated carbocycles. The molecule has 0 amide bonds. The minimum atomic E-state index is -1.99. The van der Waals surface area contributed by atoms with Crippen molar-refractivity contribution < 1.29 is 31.9 Å². The van der Waals surface area contributed by atoms with Gasteiger partial charge in [-0.2, -0.15) is 0 Å². The summed E-state index contributed by atoms with van der Waals surface area (Å²) in [6.07, 6.45) is 1.36. The molecule has 122 valence electrons. The predicted octanol–water partition coefficient (Wildman–Crippen LogP) is 3.94. The Morgan fingerprint density at radius 3 is 2.23 bits per heavy atom. The van der Waals surface area contributed by atoms with Gasteiger partial charge in [-0.25, -0.2) is 17.6 Å². The lowest BCUT2D eigenvalue weighted by molar-refractivity contribution is -0.143. The van der Waals surface area contributed by atoms with Gasteiger partial charge in [0.05, 0.1) is 12.2 Å². The number of hydrogen-bond acceptors (Lipinski definition) is 3. The smallest absolute Gasteiger partial charge is 0.305 e. The third-order valence-corrected chi connectivity index (χ3v) is 2.99. The Kier molecular flexibility index (Phi) is 7.01. The van der Waals surface area contributed by atoms with E-state index in [0.717, 1.165) is 0 Å². The predicted molar refractivity (Wildman–Crippen MR) is 70.3 cm³/mol. The van der Waals surface area contributed by atoms with Gasteiger partial charge in [-0.1, -0.05) is 6.42 Å². The number of carbonyl (C=O) groups is 2. The fourth-order valence-corrected chi connectivity index (χ4v) is 1.88. The molecule has 0 aliphatic heterocycles. The molecular weight excluding hydrogens is 304 g/mol. The average Bonchev–Trinajstić information content (AvgIpc) is 2.48. The summed E-state index contributed by atoms with van der Waals surface area (Å²) in [5.74, 6) is -8.39. The zero-order valence-electron chi connectivity index (χ0n) is 12.1. The van der Waals surface area contributed by atoms with Crippen LogP contribution in [0.2, 0.25) is 0 Å². The molecule has 0 aromatic heterocycles. The van der Waals surface area contributed by atoms with Crippen LogP contribution in [0.25, 0.3) is 0 Å². The SMILES string of the molecule is CCOC(=O)CCCCCC(=O)c1cc(F)c(F)c(F)c1F. The zero-order chi connectivity index (χ0) is 16.7. The lowest BCUT2D eigenvalue weighted by atomic mass is 10.0. The molecule has 0 radical (unpaired) electrons. The van der Waals surface area contributed by atoms with Crippen LogP contribution in [0.15, 0.2) is 6.07 Å². The van der Waals surface area contributed by atoms with Crippen molar-refractivity contribution in [3.8, 4) is 0 Å². The van der Waals surface area contributed by atoms with E-state index in [9.17, 15) is 27.2 Å². The molecule has 0 spiro atoms. The van der Waals surface area contributed by atoms with E-state index in [2.05, 4.69) is 0 Å². The van der Waals surface area contributed by atoms with Gasteiger partial charge in [0, 0.05) is 12.8 Å². The van der Waals surface area contributed by atoms with Gasteiger partial charge in [0.25, 0.3) is 0 Å². The highest BCUT2D eigenvalue weighted by molar-refractivity contribution is 5.96. The van der Waals surface area contributed by atoms with Crippen molar-refractivity contribution in [3.05, 3.63) is 34.9 Å². The van der Waals surface area contributed by atoms with Crippen LogP contribution in [-0.2, 0) is 9.53 Å². The van der Waals surface area contributed by atoms with Crippen molar-refractivity contribution in [1.82, 2.24) is 0 Å². The molecule has 0 unspecified atom stereocenters. The van der Waals surface area contributed by atoms with Crippen LogP contribution in [0.3, 0.4) is 0 Å².